The van der Waals surface area contributed by atoms with E-state index in [0.717, 1.165) is 88.4 Å². The van der Waals surface area contributed by atoms with Crippen LogP contribution in [-0.2, 0) is 0 Å². The molecule has 0 amide bonds. The number of hydrogen-bond donors (Lipinski definition) is 0. The minimum Gasteiger partial charge on any atom is -0.307 e. The van der Waals surface area contributed by atoms with Crippen LogP contribution in [0.15, 0.2) is 200 Å². The number of aromatic nitrogens is 4. The lowest BCUT2D eigenvalue weighted by atomic mass is 9.98. The maximum absolute atomic E-state index is 11.3. The molecule has 3 aromatic heterocycles. The molecule has 12 aromatic rings. The normalized spacial score (nSPS) is 11.0. The maximum atomic E-state index is 11.3. The first-order valence-corrected chi connectivity index (χ1v) is 23.0. The second-order valence-electron chi connectivity index (χ2n) is 17.4. The van der Waals surface area contributed by atoms with E-state index in [4.69, 9.17) is 9.97 Å². The molecular weight excluding hydrogens is 883 g/mol. The fourth-order valence-electron chi connectivity index (χ4n) is 9.97. The van der Waals surface area contributed by atoms with Gasteiger partial charge in [0.05, 0.1) is 103 Å². The molecule has 0 bridgehead atoms. The van der Waals surface area contributed by atoms with Crippen LogP contribution >= 0.6 is 0 Å². The topological polar surface area (TPSA) is 155 Å². The van der Waals surface area contributed by atoms with Gasteiger partial charge in [0, 0.05) is 38.2 Å². The van der Waals surface area contributed by atoms with Gasteiger partial charge in [-0.1, -0.05) is 109 Å². The van der Waals surface area contributed by atoms with Gasteiger partial charge in [0.2, 0.25) is 0 Å². The van der Waals surface area contributed by atoms with Crippen molar-refractivity contribution in [3.05, 3.63) is 228 Å². The van der Waals surface area contributed by atoms with Crippen LogP contribution in [-0.4, -0.2) is 19.1 Å². The molecule has 9 nitrogen and oxygen atoms in total. The number of para-hydroxylation sites is 2. The summed E-state index contributed by atoms with van der Waals surface area (Å²) in [6.07, 6.45) is 0. The zero-order chi connectivity index (χ0) is 48.9. The molecule has 72 heavy (non-hydrogen) atoms. The van der Waals surface area contributed by atoms with Gasteiger partial charge in [0.15, 0.2) is 5.82 Å². The molecule has 330 valence electrons. The van der Waals surface area contributed by atoms with Gasteiger partial charge in [0.1, 0.15) is 0 Å². The van der Waals surface area contributed by atoms with Crippen LogP contribution < -0.4 is 0 Å². The van der Waals surface area contributed by atoms with Gasteiger partial charge < -0.3 is 9.13 Å². The molecule has 0 fully saturated rings. The van der Waals surface area contributed by atoms with Crippen molar-refractivity contribution in [3.8, 4) is 97.9 Å². The molecule has 0 N–H and O–H groups in total. The third-order valence-corrected chi connectivity index (χ3v) is 13.2. The SMILES string of the molecule is N#Cc1cc(C#N)cc(-c2ccc3c(c2)c2ccccc2n3-c2cc(C#N)c(-c3cc(-c4ccccc4)nc(-c4ccccc4)n3)cc2-n2c3ccccc3c3cc(-c4cc(C#N)cc(C#N)c4)ccc32)c1. The third-order valence-electron chi connectivity index (χ3n) is 13.2. The highest BCUT2D eigenvalue weighted by molar-refractivity contribution is 6.13. The molecular formula is C63H33N9. The summed E-state index contributed by atoms with van der Waals surface area (Å²) in [7, 11) is 0. The van der Waals surface area contributed by atoms with Crippen LogP contribution in [0.1, 0.15) is 27.8 Å². The zero-order valence-corrected chi connectivity index (χ0v) is 38.1. The van der Waals surface area contributed by atoms with E-state index in [2.05, 4.69) is 94.1 Å². The Morgan fingerprint density at radius 1 is 0.306 bits per heavy atom. The monoisotopic (exact) mass is 915 g/mol. The first-order valence-electron chi connectivity index (χ1n) is 23.0. The quantitative estimate of drug-likeness (QED) is 0.154. The van der Waals surface area contributed by atoms with E-state index >= 15 is 0 Å². The average Bonchev–Trinajstić information content (AvgIpc) is 3.96. The molecule has 0 radical (unpaired) electrons. The lowest BCUT2D eigenvalue weighted by Gasteiger charge is -2.20. The average molecular weight is 916 g/mol. The van der Waals surface area contributed by atoms with Crippen molar-refractivity contribution in [2.75, 3.05) is 0 Å². The first kappa shape index (κ1) is 42.5. The third kappa shape index (κ3) is 7.15. The number of fused-ring (bicyclic) bond motifs is 6. The van der Waals surface area contributed by atoms with Gasteiger partial charge in [-0.05, 0) is 113 Å². The lowest BCUT2D eigenvalue weighted by Crippen LogP contribution is -2.06. The molecule has 9 heteroatoms. The van der Waals surface area contributed by atoms with Crippen molar-refractivity contribution in [2.24, 2.45) is 0 Å². The Bertz CT molecular complexity index is 4330. The van der Waals surface area contributed by atoms with Gasteiger partial charge in [0.25, 0.3) is 0 Å². The van der Waals surface area contributed by atoms with Crippen molar-refractivity contribution >= 4 is 43.6 Å². The predicted octanol–water partition coefficient (Wildman–Crippen LogP) is 14.4. The van der Waals surface area contributed by atoms with Crippen LogP contribution in [0.2, 0.25) is 0 Å². The Hall–Kier alpha value is -10.9. The molecule has 3 heterocycles. The molecule has 0 saturated heterocycles. The van der Waals surface area contributed by atoms with E-state index in [0.29, 0.717) is 50.6 Å². The summed E-state index contributed by atoms with van der Waals surface area (Å²) in [5.74, 6) is 0.520. The van der Waals surface area contributed by atoms with E-state index in [9.17, 15) is 26.3 Å². The minimum absolute atomic E-state index is 0.400. The van der Waals surface area contributed by atoms with E-state index in [-0.39, 0.29) is 0 Å². The highest BCUT2D eigenvalue weighted by Crippen LogP contribution is 2.43. The van der Waals surface area contributed by atoms with Gasteiger partial charge >= 0.3 is 0 Å². The predicted molar refractivity (Wildman–Crippen MR) is 281 cm³/mol. The van der Waals surface area contributed by atoms with Crippen molar-refractivity contribution in [1.29, 1.82) is 26.3 Å². The fourth-order valence-corrected chi connectivity index (χ4v) is 9.97. The standard InChI is InChI=1S/C63H33N9/c64-34-39-23-40(35-65)26-47(25-39)45-19-21-59-53(29-45)50-15-7-9-17-57(50)71(59)61-31-49(38-68)52(56-33-55(43-11-3-1-4-12-43)69-63(70-56)44-13-5-2-6-14-44)32-62(61)72-58-18-10-8-16-51(58)54-30-46(20-22-60(54)72)48-27-41(36-66)24-42(28-48)37-67/h1-33H. The highest BCUT2D eigenvalue weighted by Gasteiger charge is 2.24. The molecule has 9 aromatic carbocycles. The number of benzene rings is 9. The Balaban J connectivity index is 1.18. The van der Waals surface area contributed by atoms with E-state index < -0.39 is 0 Å². The van der Waals surface area contributed by atoms with Crippen LogP contribution in [0.3, 0.4) is 0 Å². The van der Waals surface area contributed by atoms with Crippen molar-refractivity contribution in [2.45, 2.75) is 0 Å². The Labute approximate surface area is 413 Å². The molecule has 0 unspecified atom stereocenters. The van der Waals surface area contributed by atoms with Gasteiger partial charge in [-0.2, -0.15) is 26.3 Å². The summed E-state index contributed by atoms with van der Waals surface area (Å²) in [5.41, 5.74) is 13.9. The Morgan fingerprint density at radius 3 is 1.22 bits per heavy atom. The van der Waals surface area contributed by atoms with Crippen LogP contribution in [0.25, 0.3) is 111 Å². The maximum Gasteiger partial charge on any atom is 0.160 e. The van der Waals surface area contributed by atoms with E-state index in [1.54, 1.807) is 36.4 Å². The van der Waals surface area contributed by atoms with E-state index in [1.165, 1.54) is 0 Å². The Morgan fingerprint density at radius 2 is 0.736 bits per heavy atom. The molecule has 0 spiro atoms. The van der Waals surface area contributed by atoms with E-state index in [1.807, 2.05) is 109 Å². The molecule has 0 aliphatic rings. The molecule has 0 atom stereocenters. The van der Waals surface area contributed by atoms with Crippen molar-refractivity contribution < 1.29 is 0 Å². The summed E-state index contributed by atoms with van der Waals surface area (Å²) in [6, 6.07) is 76.3. The van der Waals surface area contributed by atoms with Crippen molar-refractivity contribution in [1.82, 2.24) is 19.1 Å². The zero-order valence-electron chi connectivity index (χ0n) is 38.1. The lowest BCUT2D eigenvalue weighted by molar-refractivity contribution is 1.09. The molecule has 12 rings (SSSR count). The van der Waals surface area contributed by atoms with Crippen LogP contribution in [0.5, 0.6) is 0 Å². The molecule has 0 saturated carbocycles. The van der Waals surface area contributed by atoms with Gasteiger partial charge in [-0.25, -0.2) is 9.97 Å². The summed E-state index contributed by atoms with van der Waals surface area (Å²) < 4.78 is 4.45. The van der Waals surface area contributed by atoms with Crippen molar-refractivity contribution in [3.63, 3.8) is 0 Å². The van der Waals surface area contributed by atoms with Crippen LogP contribution in [0, 0.1) is 56.7 Å². The first-order chi connectivity index (χ1) is 35.4. The molecule has 0 aliphatic carbocycles. The summed E-state index contributed by atoms with van der Waals surface area (Å²) in [4.78, 5) is 10.3. The highest BCUT2D eigenvalue weighted by atomic mass is 15.1. The number of nitriles is 5. The number of rotatable bonds is 7. The largest absolute Gasteiger partial charge is 0.307 e. The number of nitrogens with zero attached hydrogens (tertiary/aromatic N) is 9. The smallest absolute Gasteiger partial charge is 0.160 e. The van der Waals surface area contributed by atoms with Gasteiger partial charge in [-0.15, -0.1) is 0 Å². The summed E-state index contributed by atoms with van der Waals surface area (Å²) in [5, 5.41) is 54.7. The number of hydrogen-bond acceptors (Lipinski definition) is 7. The summed E-state index contributed by atoms with van der Waals surface area (Å²) in [6.45, 7) is 0. The second-order valence-corrected chi connectivity index (χ2v) is 17.4. The fraction of sp³-hybridized carbons (Fsp3) is 0. The minimum atomic E-state index is 0.400. The van der Waals surface area contributed by atoms with Crippen LogP contribution in [0.4, 0.5) is 0 Å². The summed E-state index contributed by atoms with van der Waals surface area (Å²) >= 11 is 0. The Kier molecular flexibility index (Phi) is 10.2. The van der Waals surface area contributed by atoms with Gasteiger partial charge in [-0.3, -0.25) is 0 Å². The molecule has 0 aliphatic heterocycles. The second kappa shape index (κ2) is 17.3.